The number of nitrogens with one attached hydrogen (secondary N) is 1. The molecule has 1 amide bonds. The first-order valence-corrected chi connectivity index (χ1v) is 7.12. The summed E-state index contributed by atoms with van der Waals surface area (Å²) in [7, 11) is 0. The van der Waals surface area contributed by atoms with Crippen LogP contribution in [0, 0.1) is 5.82 Å². The number of aromatic nitrogens is 2. The van der Waals surface area contributed by atoms with Crippen molar-refractivity contribution in [2.24, 2.45) is 4.99 Å². The van der Waals surface area contributed by atoms with Crippen LogP contribution in [0.2, 0.25) is 0 Å². The summed E-state index contributed by atoms with van der Waals surface area (Å²) < 4.78 is 12.8. The molecule has 19 heavy (non-hydrogen) atoms. The second-order valence-corrected chi connectivity index (χ2v) is 5.57. The quantitative estimate of drug-likeness (QED) is 0.922. The van der Waals surface area contributed by atoms with Gasteiger partial charge in [-0.25, -0.2) is 4.39 Å². The topological polar surface area (TPSA) is 67.2 Å². The highest BCUT2D eigenvalue weighted by Crippen LogP contribution is 2.29. The molecule has 1 aromatic heterocycles. The van der Waals surface area contributed by atoms with Crippen molar-refractivity contribution in [3.8, 4) is 10.6 Å². The van der Waals surface area contributed by atoms with Gasteiger partial charge in [0, 0.05) is 5.56 Å². The van der Waals surface area contributed by atoms with E-state index in [1.54, 1.807) is 12.1 Å². The normalized spacial score (nSPS) is 16.9. The molecule has 1 aromatic carbocycles. The zero-order chi connectivity index (χ0) is 13.2. The number of carbonyl (C=O) groups is 1. The molecule has 1 aliphatic rings. The molecule has 5 nitrogen and oxygen atoms in total. The smallest absolute Gasteiger partial charge is 0.236 e. The SMILES string of the molecule is O=C1CS/C(=N/c2nnc(-c3ccc(F)cc3)s2)N1. The summed E-state index contributed by atoms with van der Waals surface area (Å²) in [6.45, 7) is 0. The average molecular weight is 294 g/mol. The Bertz CT molecular complexity index is 653. The van der Waals surface area contributed by atoms with Gasteiger partial charge >= 0.3 is 0 Å². The molecule has 1 fully saturated rings. The van der Waals surface area contributed by atoms with Crippen LogP contribution >= 0.6 is 23.1 Å². The molecule has 3 rings (SSSR count). The number of amidine groups is 1. The molecule has 0 spiro atoms. The van der Waals surface area contributed by atoms with E-state index in [1.807, 2.05) is 0 Å². The maximum atomic E-state index is 12.8. The molecule has 8 heteroatoms. The molecule has 1 aliphatic heterocycles. The number of nitrogens with zero attached hydrogens (tertiary/aromatic N) is 3. The lowest BCUT2D eigenvalue weighted by Crippen LogP contribution is -2.19. The van der Waals surface area contributed by atoms with Gasteiger partial charge in [0.2, 0.25) is 11.0 Å². The Morgan fingerprint density at radius 2 is 2.05 bits per heavy atom. The van der Waals surface area contributed by atoms with Crippen LogP contribution in [0.25, 0.3) is 10.6 Å². The first kappa shape index (κ1) is 12.2. The second kappa shape index (κ2) is 5.06. The van der Waals surface area contributed by atoms with E-state index in [0.29, 0.717) is 21.1 Å². The molecule has 0 aliphatic carbocycles. The number of hydrogen-bond donors (Lipinski definition) is 1. The fraction of sp³-hybridized carbons (Fsp3) is 0.0909. The summed E-state index contributed by atoms with van der Waals surface area (Å²) >= 11 is 2.61. The molecule has 2 aromatic rings. The monoisotopic (exact) mass is 294 g/mol. The maximum Gasteiger partial charge on any atom is 0.236 e. The van der Waals surface area contributed by atoms with Crippen LogP contribution in [-0.4, -0.2) is 27.0 Å². The number of benzene rings is 1. The van der Waals surface area contributed by atoms with Gasteiger partial charge < -0.3 is 5.32 Å². The molecule has 96 valence electrons. The van der Waals surface area contributed by atoms with E-state index in [2.05, 4.69) is 20.5 Å². The van der Waals surface area contributed by atoms with Crippen LogP contribution in [0.1, 0.15) is 0 Å². The van der Waals surface area contributed by atoms with E-state index in [0.717, 1.165) is 5.56 Å². The molecular formula is C11H7FN4OS2. The van der Waals surface area contributed by atoms with Crippen molar-refractivity contribution < 1.29 is 9.18 Å². The molecule has 2 heterocycles. The Hall–Kier alpha value is -1.80. The van der Waals surface area contributed by atoms with Gasteiger partial charge in [-0.3, -0.25) is 4.79 Å². The molecule has 1 saturated heterocycles. The van der Waals surface area contributed by atoms with E-state index in [4.69, 9.17) is 0 Å². The molecule has 0 unspecified atom stereocenters. The summed E-state index contributed by atoms with van der Waals surface area (Å²) in [5.41, 5.74) is 0.786. The molecule has 0 saturated carbocycles. The Balaban J connectivity index is 1.83. The number of amides is 1. The third-order valence-corrected chi connectivity index (χ3v) is 4.03. The van der Waals surface area contributed by atoms with Crippen LogP contribution in [0.3, 0.4) is 0 Å². The number of thioether (sulfide) groups is 1. The fourth-order valence-corrected chi connectivity index (χ4v) is 2.90. The Morgan fingerprint density at radius 3 is 2.74 bits per heavy atom. The van der Waals surface area contributed by atoms with Crippen LogP contribution < -0.4 is 5.32 Å². The first-order chi connectivity index (χ1) is 9.20. The lowest BCUT2D eigenvalue weighted by Gasteiger charge is -1.93. The summed E-state index contributed by atoms with van der Waals surface area (Å²) in [6.07, 6.45) is 0. The minimum Gasteiger partial charge on any atom is -0.304 e. The lowest BCUT2D eigenvalue weighted by atomic mass is 10.2. The highest BCUT2D eigenvalue weighted by molar-refractivity contribution is 8.15. The highest BCUT2D eigenvalue weighted by atomic mass is 32.2. The number of halogens is 1. The Kier molecular flexibility index (Phi) is 3.26. The van der Waals surface area contributed by atoms with Crippen LogP contribution in [0.4, 0.5) is 9.52 Å². The molecule has 1 N–H and O–H groups in total. The van der Waals surface area contributed by atoms with Gasteiger partial charge in [0.15, 0.2) is 5.17 Å². The van der Waals surface area contributed by atoms with Crippen molar-refractivity contribution in [3.05, 3.63) is 30.1 Å². The fourth-order valence-electron chi connectivity index (χ4n) is 1.44. The van der Waals surface area contributed by atoms with E-state index < -0.39 is 0 Å². The van der Waals surface area contributed by atoms with E-state index >= 15 is 0 Å². The Morgan fingerprint density at radius 1 is 1.26 bits per heavy atom. The maximum absolute atomic E-state index is 12.8. The van der Waals surface area contributed by atoms with Gasteiger partial charge in [-0.15, -0.1) is 10.2 Å². The van der Waals surface area contributed by atoms with E-state index in [9.17, 15) is 9.18 Å². The third-order valence-electron chi connectivity index (χ3n) is 2.29. The van der Waals surface area contributed by atoms with Gasteiger partial charge in [-0.05, 0) is 24.3 Å². The molecule has 0 atom stereocenters. The second-order valence-electron chi connectivity index (χ2n) is 3.65. The van der Waals surface area contributed by atoms with Gasteiger partial charge in [0.25, 0.3) is 0 Å². The van der Waals surface area contributed by atoms with Gasteiger partial charge in [0.1, 0.15) is 10.8 Å². The summed E-state index contributed by atoms with van der Waals surface area (Å²) in [5, 5.41) is 12.2. The van der Waals surface area contributed by atoms with Crippen molar-refractivity contribution in [2.75, 3.05) is 5.75 Å². The largest absolute Gasteiger partial charge is 0.304 e. The lowest BCUT2D eigenvalue weighted by molar-refractivity contribution is -0.116. The minimum absolute atomic E-state index is 0.0629. The van der Waals surface area contributed by atoms with E-state index in [-0.39, 0.29) is 11.7 Å². The molecule has 0 radical (unpaired) electrons. The zero-order valence-corrected chi connectivity index (χ0v) is 11.1. The minimum atomic E-state index is -0.293. The zero-order valence-electron chi connectivity index (χ0n) is 9.46. The summed E-state index contributed by atoms with van der Waals surface area (Å²) in [6, 6.07) is 6.02. The first-order valence-electron chi connectivity index (χ1n) is 5.31. The number of hydrogen-bond acceptors (Lipinski definition) is 6. The summed E-state index contributed by atoms with van der Waals surface area (Å²) in [5.74, 6) is 0.0217. The van der Waals surface area contributed by atoms with Crippen LogP contribution in [0.15, 0.2) is 29.3 Å². The predicted octanol–water partition coefficient (Wildman–Crippen LogP) is 2.19. The van der Waals surface area contributed by atoms with Crippen LogP contribution in [-0.2, 0) is 4.79 Å². The van der Waals surface area contributed by atoms with Crippen molar-refractivity contribution in [2.45, 2.75) is 0 Å². The van der Waals surface area contributed by atoms with Crippen molar-refractivity contribution in [3.63, 3.8) is 0 Å². The Labute approximate surface area is 116 Å². The van der Waals surface area contributed by atoms with Gasteiger partial charge in [-0.2, -0.15) is 4.99 Å². The molecular weight excluding hydrogens is 287 g/mol. The number of aliphatic imine (C=N–C) groups is 1. The third kappa shape index (κ3) is 2.79. The van der Waals surface area contributed by atoms with Crippen molar-refractivity contribution >= 4 is 39.3 Å². The number of carbonyl (C=O) groups excluding carboxylic acids is 1. The van der Waals surface area contributed by atoms with Gasteiger partial charge in [0.05, 0.1) is 5.75 Å². The predicted molar refractivity (Wildman–Crippen MR) is 73.0 cm³/mol. The number of rotatable bonds is 2. The standard InChI is InChI=1S/C11H7FN4OS2/c12-7-3-1-6(2-4-7)9-15-16-11(19-9)14-10-13-8(17)5-18-10/h1-4H,5H2,(H,13,14,16,17). The molecule has 0 bridgehead atoms. The van der Waals surface area contributed by atoms with Crippen molar-refractivity contribution in [1.82, 2.24) is 15.5 Å². The average Bonchev–Trinajstić information content (AvgIpc) is 3.00. The highest BCUT2D eigenvalue weighted by Gasteiger charge is 2.17. The van der Waals surface area contributed by atoms with Crippen LogP contribution in [0.5, 0.6) is 0 Å². The van der Waals surface area contributed by atoms with Crippen molar-refractivity contribution in [1.29, 1.82) is 0 Å². The summed E-state index contributed by atoms with van der Waals surface area (Å²) in [4.78, 5) is 15.2. The van der Waals surface area contributed by atoms with E-state index in [1.165, 1.54) is 35.2 Å². The van der Waals surface area contributed by atoms with Gasteiger partial charge in [-0.1, -0.05) is 23.1 Å².